The van der Waals surface area contributed by atoms with E-state index >= 15 is 0 Å². The molecule has 3 rings (SSSR count). The molecular weight excluding hydrogens is 280 g/mol. The number of unbranched alkanes of at least 4 members (excludes halogenated alkanes) is 2. The fourth-order valence-corrected chi connectivity index (χ4v) is 2.89. The van der Waals surface area contributed by atoms with E-state index in [4.69, 9.17) is 16.6 Å². The van der Waals surface area contributed by atoms with Gasteiger partial charge in [-0.15, -0.1) is 0 Å². The van der Waals surface area contributed by atoms with Gasteiger partial charge in [0.1, 0.15) is 5.82 Å². The third kappa shape index (κ3) is 2.81. The van der Waals surface area contributed by atoms with Crippen LogP contribution in [-0.2, 0) is 6.54 Å². The van der Waals surface area contributed by atoms with Gasteiger partial charge in [0.2, 0.25) is 0 Å². The number of halogens is 1. The number of hydrogen-bond acceptors (Lipinski definition) is 1. The molecule has 0 fully saturated rings. The number of aryl methyl sites for hydroxylation is 1. The van der Waals surface area contributed by atoms with Crippen molar-refractivity contribution in [2.75, 3.05) is 0 Å². The second kappa shape index (κ2) is 6.31. The van der Waals surface area contributed by atoms with E-state index in [2.05, 4.69) is 29.7 Å². The van der Waals surface area contributed by atoms with Crippen LogP contribution < -0.4 is 0 Å². The van der Waals surface area contributed by atoms with Crippen molar-refractivity contribution in [3.05, 3.63) is 53.6 Å². The molecule has 108 valence electrons. The van der Waals surface area contributed by atoms with Crippen LogP contribution in [0.5, 0.6) is 0 Å². The molecule has 0 aliphatic heterocycles. The molecule has 0 saturated carbocycles. The predicted molar refractivity (Wildman–Crippen MR) is 89.7 cm³/mol. The van der Waals surface area contributed by atoms with Gasteiger partial charge in [0, 0.05) is 12.1 Å². The molecule has 0 unspecified atom stereocenters. The topological polar surface area (TPSA) is 17.8 Å². The lowest BCUT2D eigenvalue weighted by atomic mass is 10.2. The van der Waals surface area contributed by atoms with Gasteiger partial charge in [-0.1, -0.05) is 55.6 Å². The zero-order chi connectivity index (χ0) is 14.7. The maximum atomic E-state index is 6.37. The molecule has 0 spiro atoms. The van der Waals surface area contributed by atoms with Crippen molar-refractivity contribution in [2.45, 2.75) is 32.7 Å². The summed E-state index contributed by atoms with van der Waals surface area (Å²) in [5, 5.41) is 0.754. The standard InChI is InChI=1S/C18H19ClN2/c1-2-3-8-13-21-17-12-7-6-11-16(17)20-18(21)14-9-4-5-10-15(14)19/h4-7,9-12H,2-3,8,13H2,1H3. The molecule has 0 saturated heterocycles. The maximum Gasteiger partial charge on any atom is 0.142 e. The molecule has 0 aliphatic rings. The number of rotatable bonds is 5. The highest BCUT2D eigenvalue weighted by Crippen LogP contribution is 2.30. The molecule has 0 atom stereocenters. The Morgan fingerprint density at radius 3 is 2.57 bits per heavy atom. The van der Waals surface area contributed by atoms with E-state index in [1.807, 2.05) is 30.3 Å². The Labute approximate surface area is 130 Å². The lowest BCUT2D eigenvalue weighted by molar-refractivity contribution is 0.617. The zero-order valence-electron chi connectivity index (χ0n) is 12.2. The molecule has 1 aromatic heterocycles. The van der Waals surface area contributed by atoms with Crippen LogP contribution in [0.4, 0.5) is 0 Å². The fourth-order valence-electron chi connectivity index (χ4n) is 2.67. The monoisotopic (exact) mass is 298 g/mol. The van der Waals surface area contributed by atoms with Gasteiger partial charge in [0.25, 0.3) is 0 Å². The van der Waals surface area contributed by atoms with Crippen LogP contribution in [0, 0.1) is 0 Å². The Kier molecular flexibility index (Phi) is 4.26. The normalized spacial score (nSPS) is 11.1. The molecule has 0 radical (unpaired) electrons. The highest BCUT2D eigenvalue weighted by Gasteiger charge is 2.14. The molecule has 0 aliphatic carbocycles. The summed E-state index contributed by atoms with van der Waals surface area (Å²) in [5.74, 6) is 0.970. The minimum atomic E-state index is 0.754. The van der Waals surface area contributed by atoms with Crippen LogP contribution in [0.2, 0.25) is 5.02 Å². The molecule has 0 N–H and O–H groups in total. The lowest BCUT2D eigenvalue weighted by Crippen LogP contribution is -2.01. The van der Waals surface area contributed by atoms with Gasteiger partial charge in [-0.05, 0) is 30.7 Å². The van der Waals surface area contributed by atoms with Crippen molar-refractivity contribution in [3.8, 4) is 11.4 Å². The summed E-state index contributed by atoms with van der Waals surface area (Å²) < 4.78 is 2.30. The molecule has 3 heteroatoms. The van der Waals surface area contributed by atoms with Gasteiger partial charge in [-0.2, -0.15) is 0 Å². The van der Waals surface area contributed by atoms with Gasteiger partial charge in [0.15, 0.2) is 0 Å². The SMILES string of the molecule is CCCCCn1c(-c2ccccc2Cl)nc2ccccc21. The number of hydrogen-bond donors (Lipinski definition) is 0. The van der Waals surface area contributed by atoms with Gasteiger partial charge in [-0.3, -0.25) is 0 Å². The highest BCUT2D eigenvalue weighted by atomic mass is 35.5. The van der Waals surface area contributed by atoms with Crippen LogP contribution in [0.1, 0.15) is 26.2 Å². The molecule has 0 amide bonds. The number of benzene rings is 2. The molecule has 1 heterocycles. The van der Waals surface area contributed by atoms with Crippen LogP contribution in [0.3, 0.4) is 0 Å². The summed E-state index contributed by atoms with van der Waals surface area (Å²) in [7, 11) is 0. The molecule has 0 bridgehead atoms. The summed E-state index contributed by atoms with van der Waals surface area (Å²) in [6.45, 7) is 3.20. The lowest BCUT2D eigenvalue weighted by Gasteiger charge is -2.10. The van der Waals surface area contributed by atoms with E-state index in [1.165, 1.54) is 18.4 Å². The predicted octanol–water partition coefficient (Wildman–Crippen LogP) is 5.55. The first-order valence-corrected chi connectivity index (χ1v) is 7.89. The highest BCUT2D eigenvalue weighted by molar-refractivity contribution is 6.33. The fraction of sp³-hybridized carbons (Fsp3) is 0.278. The van der Waals surface area contributed by atoms with E-state index in [-0.39, 0.29) is 0 Å². The first-order chi connectivity index (χ1) is 10.3. The first kappa shape index (κ1) is 14.2. The summed E-state index contributed by atoms with van der Waals surface area (Å²) in [4.78, 5) is 4.80. The number of para-hydroxylation sites is 2. The van der Waals surface area contributed by atoms with E-state index in [0.717, 1.165) is 34.9 Å². The van der Waals surface area contributed by atoms with Gasteiger partial charge in [-0.25, -0.2) is 4.98 Å². The van der Waals surface area contributed by atoms with Gasteiger partial charge < -0.3 is 4.57 Å². The molecule has 2 aromatic carbocycles. The van der Waals surface area contributed by atoms with Crippen LogP contribution in [0.25, 0.3) is 22.4 Å². The maximum absolute atomic E-state index is 6.37. The molecule has 21 heavy (non-hydrogen) atoms. The number of nitrogens with zero attached hydrogens (tertiary/aromatic N) is 2. The quantitative estimate of drug-likeness (QED) is 0.565. The second-order valence-corrected chi connectivity index (χ2v) is 5.67. The minimum Gasteiger partial charge on any atom is -0.324 e. The van der Waals surface area contributed by atoms with E-state index in [9.17, 15) is 0 Å². The Bertz CT molecular complexity index is 746. The zero-order valence-corrected chi connectivity index (χ0v) is 13.0. The first-order valence-electron chi connectivity index (χ1n) is 7.51. The summed E-state index contributed by atoms with van der Waals surface area (Å²) in [6.07, 6.45) is 3.61. The third-order valence-corrected chi connectivity index (χ3v) is 4.08. The van der Waals surface area contributed by atoms with Crippen molar-refractivity contribution in [1.82, 2.24) is 9.55 Å². The second-order valence-electron chi connectivity index (χ2n) is 5.26. The van der Waals surface area contributed by atoms with Crippen molar-refractivity contribution in [2.24, 2.45) is 0 Å². The molecular formula is C18H19ClN2. The van der Waals surface area contributed by atoms with Crippen LogP contribution >= 0.6 is 11.6 Å². The number of fused-ring (bicyclic) bond motifs is 1. The third-order valence-electron chi connectivity index (χ3n) is 3.75. The average Bonchev–Trinajstić information content (AvgIpc) is 2.87. The van der Waals surface area contributed by atoms with E-state index in [1.54, 1.807) is 0 Å². The van der Waals surface area contributed by atoms with Gasteiger partial charge in [0.05, 0.1) is 16.1 Å². The Morgan fingerprint density at radius 1 is 1.00 bits per heavy atom. The van der Waals surface area contributed by atoms with Crippen molar-refractivity contribution in [3.63, 3.8) is 0 Å². The largest absolute Gasteiger partial charge is 0.324 e. The van der Waals surface area contributed by atoms with Crippen molar-refractivity contribution >= 4 is 22.6 Å². The minimum absolute atomic E-state index is 0.754. The van der Waals surface area contributed by atoms with Crippen LogP contribution in [-0.4, -0.2) is 9.55 Å². The van der Waals surface area contributed by atoms with E-state index in [0.29, 0.717) is 0 Å². The summed E-state index contributed by atoms with van der Waals surface area (Å²) >= 11 is 6.37. The summed E-state index contributed by atoms with van der Waals surface area (Å²) in [5.41, 5.74) is 3.22. The average molecular weight is 299 g/mol. The van der Waals surface area contributed by atoms with Crippen molar-refractivity contribution in [1.29, 1.82) is 0 Å². The van der Waals surface area contributed by atoms with Crippen molar-refractivity contribution < 1.29 is 0 Å². The Balaban J connectivity index is 2.12. The molecule has 2 nitrogen and oxygen atoms in total. The smallest absolute Gasteiger partial charge is 0.142 e. The van der Waals surface area contributed by atoms with Crippen LogP contribution in [0.15, 0.2) is 48.5 Å². The van der Waals surface area contributed by atoms with Gasteiger partial charge >= 0.3 is 0 Å². The summed E-state index contributed by atoms with van der Waals surface area (Å²) in [6, 6.07) is 16.2. The molecule has 3 aromatic rings. The Morgan fingerprint density at radius 2 is 1.76 bits per heavy atom. The Hall–Kier alpha value is -1.80. The number of aromatic nitrogens is 2. The number of imidazole rings is 1. The van der Waals surface area contributed by atoms with E-state index < -0.39 is 0 Å².